The number of carbonyl (C=O) groups is 2. The van der Waals surface area contributed by atoms with E-state index in [0.29, 0.717) is 5.82 Å². The molecular formula is C8H11N5O2. The fourth-order valence-electron chi connectivity index (χ4n) is 1.17. The summed E-state index contributed by atoms with van der Waals surface area (Å²) >= 11 is 0. The van der Waals surface area contributed by atoms with Gasteiger partial charge in [-0.3, -0.25) is 9.59 Å². The number of primary amides is 1. The van der Waals surface area contributed by atoms with Crippen molar-refractivity contribution in [3.8, 4) is 0 Å². The fourth-order valence-corrected chi connectivity index (χ4v) is 1.17. The number of anilines is 1. The third-order valence-electron chi connectivity index (χ3n) is 2.06. The van der Waals surface area contributed by atoms with Gasteiger partial charge in [-0.15, -0.1) is 5.10 Å². The Hall–Kier alpha value is -1.92. The molecule has 0 unspecified atom stereocenters. The molecule has 2 amide bonds. The number of amides is 2. The van der Waals surface area contributed by atoms with Crippen LogP contribution in [0.3, 0.4) is 0 Å². The summed E-state index contributed by atoms with van der Waals surface area (Å²) in [6.45, 7) is -0.0354. The van der Waals surface area contributed by atoms with Gasteiger partial charge in [0, 0.05) is 5.92 Å². The Morgan fingerprint density at radius 2 is 2.33 bits per heavy atom. The SMILES string of the molecule is NC(=O)Cn1cc(NC(=O)C2CC2)nn1. The van der Waals surface area contributed by atoms with Gasteiger partial charge in [0.25, 0.3) is 0 Å². The lowest BCUT2D eigenvalue weighted by Crippen LogP contribution is -2.19. The second kappa shape index (κ2) is 3.68. The summed E-state index contributed by atoms with van der Waals surface area (Å²) < 4.78 is 1.28. The first-order chi connectivity index (χ1) is 7.15. The molecule has 1 aromatic heterocycles. The van der Waals surface area contributed by atoms with Gasteiger partial charge in [-0.1, -0.05) is 5.21 Å². The summed E-state index contributed by atoms with van der Waals surface area (Å²) in [5, 5.41) is 9.94. The lowest BCUT2D eigenvalue weighted by molar-refractivity contribution is -0.119. The molecule has 0 atom stereocenters. The van der Waals surface area contributed by atoms with Crippen molar-refractivity contribution >= 4 is 17.6 Å². The van der Waals surface area contributed by atoms with Gasteiger partial charge in [0.05, 0.1) is 6.20 Å². The van der Waals surface area contributed by atoms with Crippen LogP contribution in [0.25, 0.3) is 0 Å². The van der Waals surface area contributed by atoms with Gasteiger partial charge >= 0.3 is 0 Å². The van der Waals surface area contributed by atoms with Crippen LogP contribution in [0.15, 0.2) is 6.20 Å². The highest BCUT2D eigenvalue weighted by Crippen LogP contribution is 2.29. The molecule has 1 aromatic rings. The van der Waals surface area contributed by atoms with Crippen molar-refractivity contribution in [2.45, 2.75) is 19.4 Å². The molecule has 15 heavy (non-hydrogen) atoms. The van der Waals surface area contributed by atoms with E-state index in [1.807, 2.05) is 0 Å². The zero-order valence-corrected chi connectivity index (χ0v) is 8.01. The first-order valence-electron chi connectivity index (χ1n) is 4.64. The topological polar surface area (TPSA) is 103 Å². The molecule has 1 saturated carbocycles. The monoisotopic (exact) mass is 209 g/mol. The molecule has 0 bridgehead atoms. The normalized spacial score (nSPS) is 14.9. The van der Waals surface area contributed by atoms with Crippen LogP contribution in [0.4, 0.5) is 5.82 Å². The number of carbonyl (C=O) groups excluding carboxylic acids is 2. The third kappa shape index (κ3) is 2.52. The van der Waals surface area contributed by atoms with Gasteiger partial charge < -0.3 is 11.1 Å². The second-order valence-corrected chi connectivity index (χ2v) is 3.53. The van der Waals surface area contributed by atoms with Crippen molar-refractivity contribution in [3.63, 3.8) is 0 Å². The van der Waals surface area contributed by atoms with Crippen LogP contribution in [0.1, 0.15) is 12.8 Å². The van der Waals surface area contributed by atoms with Crippen LogP contribution >= 0.6 is 0 Å². The Balaban J connectivity index is 1.94. The summed E-state index contributed by atoms with van der Waals surface area (Å²) in [6, 6.07) is 0. The van der Waals surface area contributed by atoms with Gasteiger partial charge in [0.2, 0.25) is 11.8 Å². The Labute approximate surface area is 85.6 Å². The molecule has 1 fully saturated rings. The van der Waals surface area contributed by atoms with E-state index < -0.39 is 5.91 Å². The van der Waals surface area contributed by atoms with E-state index in [4.69, 9.17) is 5.73 Å². The predicted octanol–water partition coefficient (Wildman–Crippen LogP) is -0.888. The quantitative estimate of drug-likeness (QED) is 0.671. The van der Waals surface area contributed by atoms with Crippen molar-refractivity contribution < 1.29 is 9.59 Å². The number of rotatable bonds is 4. The molecule has 80 valence electrons. The first-order valence-corrected chi connectivity index (χ1v) is 4.64. The maximum atomic E-state index is 11.3. The van der Waals surface area contributed by atoms with Crippen molar-refractivity contribution in [1.29, 1.82) is 0 Å². The van der Waals surface area contributed by atoms with Crippen LogP contribution in [-0.2, 0) is 16.1 Å². The summed E-state index contributed by atoms with van der Waals surface area (Å²) in [5.74, 6) is -0.0689. The van der Waals surface area contributed by atoms with E-state index in [0.717, 1.165) is 12.8 Å². The fraction of sp³-hybridized carbons (Fsp3) is 0.500. The Morgan fingerprint density at radius 3 is 2.93 bits per heavy atom. The lowest BCUT2D eigenvalue weighted by atomic mass is 10.4. The molecular weight excluding hydrogens is 198 g/mol. The van der Waals surface area contributed by atoms with Gasteiger partial charge in [-0.05, 0) is 12.8 Å². The molecule has 0 aliphatic heterocycles. The number of hydrogen-bond acceptors (Lipinski definition) is 4. The van der Waals surface area contributed by atoms with Crippen molar-refractivity contribution in [2.24, 2.45) is 11.7 Å². The van der Waals surface area contributed by atoms with Gasteiger partial charge in [-0.25, -0.2) is 4.68 Å². The van der Waals surface area contributed by atoms with E-state index in [1.54, 1.807) is 0 Å². The minimum absolute atomic E-state index is 0.0354. The maximum Gasteiger partial charge on any atom is 0.239 e. The predicted molar refractivity (Wildman–Crippen MR) is 50.6 cm³/mol. The number of nitrogens with zero attached hydrogens (tertiary/aromatic N) is 3. The van der Waals surface area contributed by atoms with Crippen molar-refractivity contribution in [2.75, 3.05) is 5.32 Å². The average Bonchev–Trinajstić information content (AvgIpc) is 2.90. The molecule has 1 aliphatic carbocycles. The van der Waals surface area contributed by atoms with Gasteiger partial charge in [0.15, 0.2) is 5.82 Å². The largest absolute Gasteiger partial charge is 0.368 e. The number of nitrogens with two attached hydrogens (primary N) is 1. The smallest absolute Gasteiger partial charge is 0.239 e. The molecule has 0 spiro atoms. The Kier molecular flexibility index (Phi) is 2.36. The highest BCUT2D eigenvalue weighted by atomic mass is 16.2. The van der Waals surface area contributed by atoms with Gasteiger partial charge in [0.1, 0.15) is 6.54 Å². The van der Waals surface area contributed by atoms with E-state index in [-0.39, 0.29) is 18.4 Å². The van der Waals surface area contributed by atoms with E-state index in [1.165, 1.54) is 10.9 Å². The minimum atomic E-state index is -0.500. The Morgan fingerprint density at radius 1 is 1.60 bits per heavy atom. The standard InChI is InChI=1S/C8H11N5O2/c9-6(14)3-13-4-7(11-12-13)10-8(15)5-1-2-5/h4-5H,1-3H2,(H2,9,14)(H,10,15). The highest BCUT2D eigenvalue weighted by molar-refractivity contribution is 5.93. The molecule has 2 rings (SSSR count). The van der Waals surface area contributed by atoms with Crippen LogP contribution in [0.5, 0.6) is 0 Å². The zero-order valence-electron chi connectivity index (χ0n) is 8.01. The zero-order chi connectivity index (χ0) is 10.8. The van der Waals surface area contributed by atoms with Crippen LogP contribution in [0.2, 0.25) is 0 Å². The molecule has 0 aromatic carbocycles. The van der Waals surface area contributed by atoms with E-state index >= 15 is 0 Å². The molecule has 7 heteroatoms. The molecule has 0 radical (unpaired) electrons. The molecule has 7 nitrogen and oxygen atoms in total. The summed E-state index contributed by atoms with van der Waals surface area (Å²) in [5.41, 5.74) is 4.98. The second-order valence-electron chi connectivity index (χ2n) is 3.53. The van der Waals surface area contributed by atoms with Crippen LogP contribution in [-0.4, -0.2) is 26.8 Å². The maximum absolute atomic E-state index is 11.3. The molecule has 1 heterocycles. The summed E-state index contributed by atoms with van der Waals surface area (Å²) in [7, 11) is 0. The summed E-state index contributed by atoms with van der Waals surface area (Å²) in [4.78, 5) is 21.9. The van der Waals surface area contributed by atoms with E-state index in [2.05, 4.69) is 15.6 Å². The van der Waals surface area contributed by atoms with Crippen molar-refractivity contribution in [1.82, 2.24) is 15.0 Å². The average molecular weight is 209 g/mol. The summed E-state index contributed by atoms with van der Waals surface area (Å²) in [6.07, 6.45) is 3.34. The third-order valence-corrected chi connectivity index (χ3v) is 2.06. The highest BCUT2D eigenvalue weighted by Gasteiger charge is 2.30. The number of aromatic nitrogens is 3. The number of nitrogens with one attached hydrogen (secondary N) is 1. The molecule has 3 N–H and O–H groups in total. The lowest BCUT2D eigenvalue weighted by Gasteiger charge is -1.97. The number of hydrogen-bond donors (Lipinski definition) is 2. The molecule has 0 saturated heterocycles. The van der Waals surface area contributed by atoms with Gasteiger partial charge in [-0.2, -0.15) is 0 Å². The van der Waals surface area contributed by atoms with Crippen LogP contribution < -0.4 is 11.1 Å². The molecule has 1 aliphatic rings. The Bertz CT molecular complexity index is 395. The minimum Gasteiger partial charge on any atom is -0.368 e. The van der Waals surface area contributed by atoms with Crippen LogP contribution in [0, 0.1) is 5.92 Å². The first kappa shape index (κ1) is 9.63. The van der Waals surface area contributed by atoms with E-state index in [9.17, 15) is 9.59 Å². The van der Waals surface area contributed by atoms with Crippen molar-refractivity contribution in [3.05, 3.63) is 6.20 Å².